The summed E-state index contributed by atoms with van der Waals surface area (Å²) < 4.78 is 2.02. The molecule has 3 rings (SSSR count). The van der Waals surface area contributed by atoms with E-state index >= 15 is 0 Å². The molecular weight excluding hydrogens is 278 g/mol. The summed E-state index contributed by atoms with van der Waals surface area (Å²) in [6.07, 6.45) is 4.54. The Morgan fingerprint density at radius 2 is 2.05 bits per heavy atom. The van der Waals surface area contributed by atoms with Gasteiger partial charge in [0.1, 0.15) is 5.25 Å². The van der Waals surface area contributed by atoms with E-state index in [1.807, 2.05) is 35.0 Å². The molecule has 0 saturated heterocycles. The first kappa shape index (κ1) is 13.7. The number of aromatic nitrogens is 2. The summed E-state index contributed by atoms with van der Waals surface area (Å²) >= 11 is 1.51. The molecule has 3 nitrogen and oxygen atoms in total. The SMILES string of the molecule is Cc1ccc(CC(C#N)Sc2ncc3ccccn23)cc1. The minimum Gasteiger partial charge on any atom is -0.295 e. The molecule has 0 saturated carbocycles. The quantitative estimate of drug-likeness (QED) is 0.686. The molecule has 2 aromatic heterocycles. The van der Waals surface area contributed by atoms with Crippen LogP contribution in [0.3, 0.4) is 0 Å². The molecule has 1 aromatic carbocycles. The van der Waals surface area contributed by atoms with Crippen LogP contribution in [0.25, 0.3) is 5.52 Å². The number of aryl methyl sites for hydroxylation is 1. The number of hydrogen-bond acceptors (Lipinski definition) is 3. The molecule has 1 atom stereocenters. The summed E-state index contributed by atoms with van der Waals surface area (Å²) in [5.41, 5.74) is 3.46. The zero-order valence-electron chi connectivity index (χ0n) is 11.7. The molecule has 0 N–H and O–H groups in total. The lowest BCUT2D eigenvalue weighted by Crippen LogP contribution is -2.05. The Labute approximate surface area is 128 Å². The molecule has 0 fully saturated rings. The number of benzene rings is 1. The Kier molecular flexibility index (Phi) is 3.94. The normalized spacial score (nSPS) is 12.2. The molecule has 0 aliphatic rings. The molecule has 4 heteroatoms. The van der Waals surface area contributed by atoms with Crippen molar-refractivity contribution in [1.82, 2.24) is 9.38 Å². The van der Waals surface area contributed by atoms with Crippen LogP contribution in [-0.2, 0) is 6.42 Å². The van der Waals surface area contributed by atoms with Crippen molar-refractivity contribution in [2.24, 2.45) is 0 Å². The molecule has 0 aliphatic carbocycles. The fourth-order valence-electron chi connectivity index (χ4n) is 2.19. The Morgan fingerprint density at radius 1 is 1.24 bits per heavy atom. The van der Waals surface area contributed by atoms with Crippen LogP contribution >= 0.6 is 11.8 Å². The first-order chi connectivity index (χ1) is 10.3. The van der Waals surface area contributed by atoms with Gasteiger partial charge in [-0.1, -0.05) is 47.7 Å². The van der Waals surface area contributed by atoms with Gasteiger partial charge in [0.05, 0.1) is 17.8 Å². The maximum atomic E-state index is 9.40. The van der Waals surface area contributed by atoms with Crippen molar-refractivity contribution in [2.75, 3.05) is 0 Å². The fraction of sp³-hybridized carbons (Fsp3) is 0.176. The van der Waals surface area contributed by atoms with Gasteiger partial charge in [-0.2, -0.15) is 5.26 Å². The van der Waals surface area contributed by atoms with E-state index in [4.69, 9.17) is 0 Å². The van der Waals surface area contributed by atoms with Crippen molar-refractivity contribution < 1.29 is 0 Å². The summed E-state index contributed by atoms with van der Waals surface area (Å²) in [4.78, 5) is 4.41. The number of hydrogen-bond donors (Lipinski definition) is 0. The van der Waals surface area contributed by atoms with Gasteiger partial charge in [-0.15, -0.1) is 0 Å². The van der Waals surface area contributed by atoms with E-state index < -0.39 is 0 Å². The molecule has 21 heavy (non-hydrogen) atoms. The maximum absolute atomic E-state index is 9.40. The number of pyridine rings is 1. The van der Waals surface area contributed by atoms with Crippen LogP contribution in [0, 0.1) is 18.3 Å². The predicted octanol–water partition coefficient (Wildman–Crippen LogP) is 3.87. The van der Waals surface area contributed by atoms with Gasteiger partial charge in [0.2, 0.25) is 0 Å². The molecule has 104 valence electrons. The zero-order valence-corrected chi connectivity index (χ0v) is 12.5. The number of thioether (sulfide) groups is 1. The van der Waals surface area contributed by atoms with Gasteiger partial charge in [-0.05, 0) is 31.0 Å². The van der Waals surface area contributed by atoms with E-state index in [0.29, 0.717) is 0 Å². The third-order valence-corrected chi connectivity index (χ3v) is 4.41. The molecule has 0 aliphatic heterocycles. The average molecular weight is 293 g/mol. The van der Waals surface area contributed by atoms with Gasteiger partial charge in [-0.3, -0.25) is 4.40 Å². The van der Waals surface area contributed by atoms with Gasteiger partial charge in [-0.25, -0.2) is 4.98 Å². The van der Waals surface area contributed by atoms with E-state index in [-0.39, 0.29) is 5.25 Å². The van der Waals surface area contributed by atoms with Crippen molar-refractivity contribution in [2.45, 2.75) is 23.8 Å². The second-order valence-electron chi connectivity index (χ2n) is 4.96. The summed E-state index contributed by atoms with van der Waals surface area (Å²) in [6, 6.07) is 16.7. The smallest absolute Gasteiger partial charge is 0.173 e. The van der Waals surface area contributed by atoms with Crippen molar-refractivity contribution in [3.63, 3.8) is 0 Å². The first-order valence-electron chi connectivity index (χ1n) is 6.80. The van der Waals surface area contributed by atoms with Crippen molar-refractivity contribution in [3.05, 3.63) is 66.0 Å². The molecule has 2 heterocycles. The van der Waals surface area contributed by atoms with Gasteiger partial charge in [0.15, 0.2) is 5.16 Å². The Hall–Kier alpha value is -2.25. The van der Waals surface area contributed by atoms with Crippen LogP contribution in [-0.4, -0.2) is 14.6 Å². The lowest BCUT2D eigenvalue weighted by atomic mass is 10.1. The van der Waals surface area contributed by atoms with Crippen LogP contribution in [0.4, 0.5) is 0 Å². The highest BCUT2D eigenvalue weighted by Gasteiger charge is 2.14. The molecule has 0 amide bonds. The van der Waals surface area contributed by atoms with Crippen LogP contribution in [0.15, 0.2) is 60.0 Å². The Balaban J connectivity index is 1.78. The number of rotatable bonds is 4. The van der Waals surface area contributed by atoms with Crippen LogP contribution in [0.5, 0.6) is 0 Å². The highest BCUT2D eigenvalue weighted by atomic mass is 32.2. The minimum absolute atomic E-state index is 0.140. The van der Waals surface area contributed by atoms with E-state index in [0.717, 1.165) is 17.1 Å². The molecule has 3 aromatic rings. The number of imidazole rings is 1. The summed E-state index contributed by atoms with van der Waals surface area (Å²) in [5, 5.41) is 10.1. The number of nitrogens with zero attached hydrogens (tertiary/aromatic N) is 3. The molecular formula is C17H15N3S. The highest BCUT2D eigenvalue weighted by molar-refractivity contribution is 8.00. The fourth-order valence-corrected chi connectivity index (χ4v) is 3.16. The zero-order chi connectivity index (χ0) is 14.7. The maximum Gasteiger partial charge on any atom is 0.173 e. The summed E-state index contributed by atoms with van der Waals surface area (Å²) in [6.45, 7) is 2.07. The predicted molar refractivity (Wildman–Crippen MR) is 85.3 cm³/mol. The summed E-state index contributed by atoms with van der Waals surface area (Å²) in [5.74, 6) is 0. The van der Waals surface area contributed by atoms with Gasteiger partial charge < -0.3 is 0 Å². The van der Waals surface area contributed by atoms with Crippen molar-refractivity contribution in [3.8, 4) is 6.07 Å². The van der Waals surface area contributed by atoms with Crippen LogP contribution in [0.1, 0.15) is 11.1 Å². The standard InChI is InChI=1S/C17H15N3S/c1-13-5-7-14(8-6-13)10-16(11-18)21-17-19-12-15-4-2-3-9-20(15)17/h2-9,12,16H,10H2,1H3. The van der Waals surface area contributed by atoms with E-state index in [9.17, 15) is 5.26 Å². The molecule has 0 radical (unpaired) electrons. The number of nitriles is 1. The van der Waals surface area contributed by atoms with Gasteiger partial charge >= 0.3 is 0 Å². The van der Waals surface area contributed by atoms with Crippen molar-refractivity contribution in [1.29, 1.82) is 5.26 Å². The van der Waals surface area contributed by atoms with Crippen LogP contribution < -0.4 is 0 Å². The van der Waals surface area contributed by atoms with E-state index in [1.54, 1.807) is 0 Å². The molecule has 1 unspecified atom stereocenters. The molecule has 0 spiro atoms. The molecule has 0 bridgehead atoms. The number of fused-ring (bicyclic) bond motifs is 1. The second-order valence-corrected chi connectivity index (χ2v) is 6.13. The van der Waals surface area contributed by atoms with Crippen LogP contribution in [0.2, 0.25) is 0 Å². The third-order valence-electron chi connectivity index (χ3n) is 3.34. The Morgan fingerprint density at radius 3 is 2.81 bits per heavy atom. The highest BCUT2D eigenvalue weighted by Crippen LogP contribution is 2.25. The summed E-state index contributed by atoms with van der Waals surface area (Å²) in [7, 11) is 0. The topological polar surface area (TPSA) is 41.1 Å². The third kappa shape index (κ3) is 3.09. The first-order valence-corrected chi connectivity index (χ1v) is 7.68. The largest absolute Gasteiger partial charge is 0.295 e. The monoisotopic (exact) mass is 293 g/mol. The lowest BCUT2D eigenvalue weighted by Gasteiger charge is -2.08. The minimum atomic E-state index is -0.140. The second kappa shape index (κ2) is 6.02. The van der Waals surface area contributed by atoms with Crippen molar-refractivity contribution >= 4 is 17.3 Å². The van der Waals surface area contributed by atoms with Gasteiger partial charge in [0.25, 0.3) is 0 Å². The van der Waals surface area contributed by atoms with Gasteiger partial charge in [0, 0.05) is 6.20 Å². The Bertz CT molecular complexity index is 784. The van der Waals surface area contributed by atoms with E-state index in [2.05, 4.69) is 42.2 Å². The van der Waals surface area contributed by atoms with E-state index in [1.165, 1.54) is 22.9 Å². The lowest BCUT2D eigenvalue weighted by molar-refractivity contribution is 0.940. The average Bonchev–Trinajstić information content (AvgIpc) is 2.92.